The smallest absolute Gasteiger partial charge is 0.191 e. The largest absolute Gasteiger partial charge is 0.497 e. The maximum atomic E-state index is 5.34. The molecule has 0 N–H and O–H groups in total. The zero-order valence-corrected chi connectivity index (χ0v) is 18.8. The molecule has 2 aromatic heterocycles. The highest BCUT2D eigenvalue weighted by Crippen LogP contribution is 2.46. The normalized spacial score (nSPS) is 15.8. The molecule has 0 bridgehead atoms. The average Bonchev–Trinajstić information content (AvgIpc) is 3.78. The predicted molar refractivity (Wildman–Crippen MR) is 125 cm³/mol. The molecule has 2 saturated carbocycles. The third kappa shape index (κ3) is 3.81. The van der Waals surface area contributed by atoms with E-state index in [1.54, 1.807) is 18.9 Å². The molecule has 0 aliphatic heterocycles. The zero-order chi connectivity index (χ0) is 21.5. The Labute approximate surface area is 191 Å². The summed E-state index contributed by atoms with van der Waals surface area (Å²) in [5.41, 5.74) is 4.31. The number of thioether (sulfide) groups is 1. The molecule has 6 rings (SSSR count). The van der Waals surface area contributed by atoms with Crippen molar-refractivity contribution in [3.8, 4) is 22.7 Å². The van der Waals surface area contributed by atoms with Crippen molar-refractivity contribution >= 4 is 11.8 Å². The first-order valence-corrected chi connectivity index (χ1v) is 12.1. The molecular formula is C25H25N5OS. The molecule has 2 heterocycles. The summed E-state index contributed by atoms with van der Waals surface area (Å²) in [6, 6.07) is 19.0. The van der Waals surface area contributed by atoms with Crippen molar-refractivity contribution in [2.45, 2.75) is 48.6 Å². The SMILES string of the molecule is COc1ccc(-c2nn(-c3ccccc3)cc2CSc2nnc(C3CC3)n2C2CC2)cc1. The summed E-state index contributed by atoms with van der Waals surface area (Å²) in [7, 11) is 1.69. The summed E-state index contributed by atoms with van der Waals surface area (Å²) in [5.74, 6) is 3.46. The summed E-state index contributed by atoms with van der Waals surface area (Å²) >= 11 is 1.77. The fourth-order valence-corrected chi connectivity index (χ4v) is 5.02. The number of hydrogen-bond acceptors (Lipinski definition) is 5. The van der Waals surface area contributed by atoms with E-state index >= 15 is 0 Å². The Morgan fingerprint density at radius 1 is 0.969 bits per heavy atom. The van der Waals surface area contributed by atoms with Crippen LogP contribution in [0.2, 0.25) is 0 Å². The van der Waals surface area contributed by atoms with Crippen molar-refractivity contribution in [2.75, 3.05) is 7.11 Å². The Balaban J connectivity index is 1.33. The first-order valence-electron chi connectivity index (χ1n) is 11.2. The lowest BCUT2D eigenvalue weighted by molar-refractivity contribution is 0.415. The van der Waals surface area contributed by atoms with Gasteiger partial charge in [-0.3, -0.25) is 0 Å². The number of aromatic nitrogens is 5. The molecule has 4 aromatic rings. The quantitative estimate of drug-likeness (QED) is 0.330. The molecule has 0 unspecified atom stereocenters. The third-order valence-corrected chi connectivity index (χ3v) is 7.07. The van der Waals surface area contributed by atoms with Crippen molar-refractivity contribution in [3.63, 3.8) is 0 Å². The number of benzene rings is 2. The van der Waals surface area contributed by atoms with Gasteiger partial charge in [-0.1, -0.05) is 30.0 Å². The van der Waals surface area contributed by atoms with Crippen LogP contribution in [0.1, 0.15) is 49.0 Å². The highest BCUT2D eigenvalue weighted by atomic mass is 32.2. The minimum Gasteiger partial charge on any atom is -0.497 e. The van der Waals surface area contributed by atoms with Crippen LogP contribution >= 0.6 is 11.8 Å². The van der Waals surface area contributed by atoms with Gasteiger partial charge in [-0.05, 0) is 62.1 Å². The first-order chi connectivity index (χ1) is 15.8. The minimum absolute atomic E-state index is 0.594. The Kier molecular flexibility index (Phi) is 4.98. The number of hydrogen-bond donors (Lipinski definition) is 0. The van der Waals surface area contributed by atoms with Crippen LogP contribution < -0.4 is 4.74 Å². The standard InChI is InChI=1S/C25H25N5OS/c1-31-22-13-9-17(10-14-22)23-19(15-29(28-23)20-5-3-2-4-6-20)16-32-25-27-26-24(18-7-8-18)30(25)21-11-12-21/h2-6,9-10,13-15,18,21H,7-8,11-12,16H2,1H3. The topological polar surface area (TPSA) is 57.8 Å². The lowest BCUT2D eigenvalue weighted by Crippen LogP contribution is -2.02. The molecule has 7 heteroatoms. The molecule has 0 radical (unpaired) electrons. The van der Waals surface area contributed by atoms with Gasteiger partial charge < -0.3 is 9.30 Å². The zero-order valence-electron chi connectivity index (χ0n) is 18.0. The molecule has 2 aliphatic carbocycles. The van der Waals surface area contributed by atoms with Crippen LogP contribution in [-0.2, 0) is 5.75 Å². The maximum Gasteiger partial charge on any atom is 0.191 e. The van der Waals surface area contributed by atoms with E-state index < -0.39 is 0 Å². The fourth-order valence-electron chi connectivity index (χ4n) is 4.05. The number of rotatable bonds is 8. The van der Waals surface area contributed by atoms with Crippen LogP contribution in [0, 0.1) is 0 Å². The lowest BCUT2D eigenvalue weighted by atomic mass is 10.1. The molecule has 0 saturated heterocycles. The van der Waals surface area contributed by atoms with Gasteiger partial charge in [-0.15, -0.1) is 10.2 Å². The molecule has 0 atom stereocenters. The van der Waals surface area contributed by atoms with E-state index in [0.717, 1.165) is 33.6 Å². The molecule has 0 amide bonds. The Morgan fingerprint density at radius 2 is 1.75 bits per heavy atom. The summed E-state index contributed by atoms with van der Waals surface area (Å²) in [5, 5.41) is 15.1. The van der Waals surface area contributed by atoms with Crippen LogP contribution in [-0.4, -0.2) is 31.7 Å². The monoisotopic (exact) mass is 443 g/mol. The molecule has 2 aliphatic rings. The minimum atomic E-state index is 0.594. The van der Waals surface area contributed by atoms with Crippen molar-refractivity contribution in [3.05, 3.63) is 72.2 Å². The molecule has 2 fully saturated rings. The summed E-state index contributed by atoms with van der Waals surface area (Å²) in [6.45, 7) is 0. The highest BCUT2D eigenvalue weighted by Gasteiger charge is 2.36. The Bertz CT molecular complexity index is 1220. The van der Waals surface area contributed by atoms with Crippen LogP contribution in [0.5, 0.6) is 5.75 Å². The van der Waals surface area contributed by atoms with Crippen molar-refractivity contribution in [1.82, 2.24) is 24.5 Å². The first kappa shape index (κ1) is 19.6. The Hall–Kier alpha value is -3.06. The van der Waals surface area contributed by atoms with Gasteiger partial charge in [0.1, 0.15) is 11.6 Å². The lowest BCUT2D eigenvalue weighted by Gasteiger charge is -2.08. The second kappa shape index (κ2) is 8.13. The third-order valence-electron chi connectivity index (χ3n) is 6.08. The van der Waals surface area contributed by atoms with Gasteiger partial charge in [-0.2, -0.15) is 5.10 Å². The van der Waals surface area contributed by atoms with E-state index in [-0.39, 0.29) is 0 Å². The van der Waals surface area contributed by atoms with E-state index in [0.29, 0.717) is 12.0 Å². The van der Waals surface area contributed by atoms with E-state index in [2.05, 4.69) is 45.2 Å². The fraction of sp³-hybridized carbons (Fsp3) is 0.320. The van der Waals surface area contributed by atoms with Gasteiger partial charge >= 0.3 is 0 Å². The summed E-state index contributed by atoms with van der Waals surface area (Å²) in [4.78, 5) is 0. The van der Waals surface area contributed by atoms with Gasteiger partial charge in [-0.25, -0.2) is 4.68 Å². The van der Waals surface area contributed by atoms with Gasteiger partial charge in [0.25, 0.3) is 0 Å². The van der Waals surface area contributed by atoms with Gasteiger partial charge in [0, 0.05) is 35.0 Å². The predicted octanol–water partition coefficient (Wildman–Crippen LogP) is 5.64. The van der Waals surface area contributed by atoms with E-state index in [4.69, 9.17) is 9.84 Å². The van der Waals surface area contributed by atoms with Crippen LogP contribution in [0.15, 0.2) is 66.0 Å². The van der Waals surface area contributed by atoms with Gasteiger partial charge in [0.2, 0.25) is 0 Å². The maximum absolute atomic E-state index is 5.34. The molecule has 2 aromatic carbocycles. The van der Waals surface area contributed by atoms with Crippen molar-refractivity contribution in [2.24, 2.45) is 0 Å². The van der Waals surface area contributed by atoms with Gasteiger partial charge in [0.05, 0.1) is 18.5 Å². The number of methoxy groups -OCH3 is 1. The van der Waals surface area contributed by atoms with Crippen LogP contribution in [0.3, 0.4) is 0 Å². The van der Waals surface area contributed by atoms with Crippen molar-refractivity contribution < 1.29 is 4.74 Å². The van der Waals surface area contributed by atoms with Crippen molar-refractivity contribution in [1.29, 1.82) is 0 Å². The van der Waals surface area contributed by atoms with Crippen LogP contribution in [0.4, 0.5) is 0 Å². The second-order valence-electron chi connectivity index (χ2n) is 8.52. The van der Waals surface area contributed by atoms with E-state index in [1.807, 2.05) is 35.0 Å². The Morgan fingerprint density at radius 3 is 2.44 bits per heavy atom. The summed E-state index contributed by atoms with van der Waals surface area (Å²) < 4.78 is 9.72. The summed E-state index contributed by atoms with van der Waals surface area (Å²) in [6.07, 6.45) is 7.13. The average molecular weight is 444 g/mol. The number of nitrogens with zero attached hydrogens (tertiary/aromatic N) is 5. The molecular weight excluding hydrogens is 418 g/mol. The highest BCUT2D eigenvalue weighted by molar-refractivity contribution is 7.98. The second-order valence-corrected chi connectivity index (χ2v) is 9.46. The number of ether oxygens (including phenoxy) is 1. The number of para-hydroxylation sites is 1. The molecule has 162 valence electrons. The van der Waals surface area contributed by atoms with Gasteiger partial charge in [0.15, 0.2) is 5.16 Å². The van der Waals surface area contributed by atoms with E-state index in [9.17, 15) is 0 Å². The molecule has 6 nitrogen and oxygen atoms in total. The van der Waals surface area contributed by atoms with E-state index in [1.165, 1.54) is 37.1 Å². The molecule has 32 heavy (non-hydrogen) atoms. The molecule has 0 spiro atoms. The van der Waals surface area contributed by atoms with Crippen LogP contribution in [0.25, 0.3) is 16.9 Å².